The number of hydrogen-bond acceptors (Lipinski definition) is 5. The quantitative estimate of drug-likeness (QED) is 0.312. The van der Waals surface area contributed by atoms with Crippen molar-refractivity contribution in [3.8, 4) is 0 Å². The highest BCUT2D eigenvalue weighted by Gasteiger charge is 2.73. The molecule has 0 spiro atoms. The Labute approximate surface area is 266 Å². The normalized spacial score (nSPS) is 43.4. The first-order valence-corrected chi connectivity index (χ1v) is 17.3. The molecule has 0 amide bonds. The molecule has 1 aromatic carbocycles. The first-order chi connectivity index (χ1) is 20.9. The van der Waals surface area contributed by atoms with Crippen molar-refractivity contribution in [1.29, 1.82) is 0 Å². The van der Waals surface area contributed by atoms with Gasteiger partial charge in [0.1, 0.15) is 0 Å². The van der Waals surface area contributed by atoms with Gasteiger partial charge >= 0.3 is 5.97 Å². The molecule has 7 heteroatoms. The largest absolute Gasteiger partial charge is 0.481 e. The van der Waals surface area contributed by atoms with Gasteiger partial charge in [-0.15, -0.1) is 0 Å². The average molecular weight is 618 g/mol. The lowest BCUT2D eigenvalue weighted by Gasteiger charge is -2.65. The number of aromatic nitrogens is 1. The van der Waals surface area contributed by atoms with Crippen LogP contribution in [0.2, 0.25) is 0 Å². The highest BCUT2D eigenvalue weighted by atomic mass is 16.6. The van der Waals surface area contributed by atoms with Crippen LogP contribution < -0.4 is 0 Å². The van der Waals surface area contributed by atoms with E-state index in [2.05, 4.69) is 71.7 Å². The van der Waals surface area contributed by atoms with Crippen LogP contribution in [-0.2, 0) is 32.5 Å². The summed E-state index contributed by atoms with van der Waals surface area (Å²) in [4.78, 5) is 15.7. The second-order valence-electron chi connectivity index (χ2n) is 17.5. The van der Waals surface area contributed by atoms with Crippen molar-refractivity contribution in [2.24, 2.45) is 34.5 Å². The molecule has 2 saturated carbocycles. The molecule has 2 aliphatic heterocycles. The molecule has 3 heterocycles. The van der Waals surface area contributed by atoms with Crippen molar-refractivity contribution in [2.45, 2.75) is 135 Å². The standard InChI is InChI=1S/C38H51NO6/c1-19(32(41)42)30(40)28-18-36(7)29-10-9-21-15-24-23-16-22-20(13-26-25(22)17-33(2,3)45-34(26,4)5)14-27(23)39-31(24)37(21,8)35(29,6)11-12-38(36,43)44-28/h14,16-17,19,21,26,28-30,39-40,43H,9-13,15,18H2,1-8H3,(H,41,42)/t19-,21?,26+,28-,29+,30+,35-,36-,37+,38-/m0/s1. The number of aliphatic hydroxyl groups is 2. The molecule has 10 atom stereocenters. The van der Waals surface area contributed by atoms with Gasteiger partial charge in [-0.1, -0.05) is 20.8 Å². The maximum Gasteiger partial charge on any atom is 0.308 e. The number of carboxylic acids is 1. The molecule has 7 nitrogen and oxygen atoms in total. The third kappa shape index (κ3) is 3.65. The van der Waals surface area contributed by atoms with Gasteiger partial charge < -0.3 is 29.8 Å². The van der Waals surface area contributed by atoms with Crippen LogP contribution in [0, 0.1) is 34.5 Å². The van der Waals surface area contributed by atoms with E-state index in [0.717, 1.165) is 32.1 Å². The van der Waals surface area contributed by atoms with Gasteiger partial charge in [0.05, 0.1) is 29.3 Å². The molecule has 244 valence electrons. The minimum atomic E-state index is -1.37. The number of hydrogen-bond donors (Lipinski definition) is 4. The molecule has 1 unspecified atom stereocenters. The fourth-order valence-electron chi connectivity index (χ4n) is 12.1. The Morgan fingerprint density at radius 1 is 1.02 bits per heavy atom. The monoisotopic (exact) mass is 617 g/mol. The molecule has 6 aliphatic rings. The number of carbonyl (C=O) groups is 1. The summed E-state index contributed by atoms with van der Waals surface area (Å²) >= 11 is 0. The van der Waals surface area contributed by atoms with E-state index in [-0.39, 0.29) is 27.9 Å². The van der Waals surface area contributed by atoms with Gasteiger partial charge in [-0.25, -0.2) is 0 Å². The molecule has 1 saturated heterocycles. The summed E-state index contributed by atoms with van der Waals surface area (Å²) in [5.74, 6) is -2.34. The van der Waals surface area contributed by atoms with Crippen molar-refractivity contribution < 1.29 is 29.6 Å². The fraction of sp³-hybridized carbons (Fsp3) is 0.711. The lowest BCUT2D eigenvalue weighted by atomic mass is 9.40. The second-order valence-corrected chi connectivity index (χ2v) is 17.5. The van der Waals surface area contributed by atoms with E-state index in [0.29, 0.717) is 24.7 Å². The molecular formula is C38H51NO6. The predicted octanol–water partition coefficient (Wildman–Crippen LogP) is 6.52. The van der Waals surface area contributed by atoms with Crippen LogP contribution in [0.4, 0.5) is 0 Å². The molecule has 4 aliphatic carbocycles. The average Bonchev–Trinajstić information content (AvgIpc) is 3.64. The van der Waals surface area contributed by atoms with Crippen molar-refractivity contribution in [3.63, 3.8) is 0 Å². The van der Waals surface area contributed by atoms with Crippen molar-refractivity contribution in [2.75, 3.05) is 0 Å². The molecular weight excluding hydrogens is 566 g/mol. The smallest absolute Gasteiger partial charge is 0.308 e. The van der Waals surface area contributed by atoms with Crippen molar-refractivity contribution in [3.05, 3.63) is 40.6 Å². The number of H-pyrrole nitrogens is 1. The summed E-state index contributed by atoms with van der Waals surface area (Å²) in [7, 11) is 0. The summed E-state index contributed by atoms with van der Waals surface area (Å²) < 4.78 is 12.8. The van der Waals surface area contributed by atoms with E-state index >= 15 is 0 Å². The zero-order chi connectivity index (χ0) is 32.3. The third-order valence-electron chi connectivity index (χ3n) is 14.6. The highest BCUT2D eigenvalue weighted by Crippen LogP contribution is 2.73. The number of rotatable bonds is 3. The summed E-state index contributed by atoms with van der Waals surface area (Å²) in [6.45, 7) is 17.4. The minimum absolute atomic E-state index is 0.101. The zero-order valence-electron chi connectivity index (χ0n) is 28.2. The molecule has 45 heavy (non-hydrogen) atoms. The zero-order valence-corrected chi connectivity index (χ0v) is 28.2. The third-order valence-corrected chi connectivity index (χ3v) is 14.6. The van der Waals surface area contributed by atoms with E-state index in [4.69, 9.17) is 9.47 Å². The summed E-state index contributed by atoms with van der Waals surface area (Å²) in [6.07, 6.45) is 6.37. The van der Waals surface area contributed by atoms with Crippen molar-refractivity contribution in [1.82, 2.24) is 4.98 Å². The number of fused-ring (bicyclic) bond motifs is 12. The minimum Gasteiger partial charge on any atom is -0.481 e. The Morgan fingerprint density at radius 3 is 2.47 bits per heavy atom. The number of aliphatic hydroxyl groups excluding tert-OH is 1. The van der Waals surface area contributed by atoms with Crippen LogP contribution in [0.25, 0.3) is 16.5 Å². The van der Waals surface area contributed by atoms with Gasteiger partial charge in [-0.3, -0.25) is 4.79 Å². The van der Waals surface area contributed by atoms with Gasteiger partial charge in [0.15, 0.2) is 5.79 Å². The van der Waals surface area contributed by atoms with E-state index in [1.165, 1.54) is 45.8 Å². The maximum atomic E-state index is 12.1. The number of nitrogens with one attached hydrogen (secondary N) is 1. The summed E-state index contributed by atoms with van der Waals surface area (Å²) in [6, 6.07) is 4.89. The van der Waals surface area contributed by atoms with Gasteiger partial charge in [-0.05, 0) is 131 Å². The Bertz CT molecular complexity index is 1670. The number of ether oxygens (including phenoxy) is 2. The molecule has 3 fully saturated rings. The van der Waals surface area contributed by atoms with Gasteiger partial charge in [0.25, 0.3) is 0 Å². The SMILES string of the molecule is C[C@H](C(=O)O)[C@@H](O)[C@@H]1C[C@@]2(C)[C@@H]3CCC4Cc5c([nH]c6cc7c(cc56)C5=CC(C)(C)OC(C)(C)[C@@H]5C7)[C@]4(C)[C@@]3(C)CC[C@]2(O)O1. The number of benzene rings is 1. The first-order valence-electron chi connectivity index (χ1n) is 17.3. The molecule has 1 aromatic heterocycles. The predicted molar refractivity (Wildman–Crippen MR) is 173 cm³/mol. The Kier molecular flexibility index (Phi) is 5.92. The van der Waals surface area contributed by atoms with E-state index in [9.17, 15) is 20.1 Å². The number of carboxylic acid groups (broad SMARTS) is 1. The molecule has 2 aromatic rings. The van der Waals surface area contributed by atoms with Crippen molar-refractivity contribution >= 4 is 22.4 Å². The van der Waals surface area contributed by atoms with Crippen LogP contribution >= 0.6 is 0 Å². The van der Waals surface area contributed by atoms with Crippen LogP contribution in [-0.4, -0.2) is 55.5 Å². The lowest BCUT2D eigenvalue weighted by Crippen LogP contribution is -2.65. The Balaban J connectivity index is 1.19. The number of aromatic amines is 1. The fourth-order valence-corrected chi connectivity index (χ4v) is 12.1. The molecule has 0 radical (unpaired) electrons. The van der Waals surface area contributed by atoms with E-state index < -0.39 is 35.3 Å². The Morgan fingerprint density at radius 2 is 1.76 bits per heavy atom. The van der Waals surface area contributed by atoms with Crippen LogP contribution in [0.5, 0.6) is 0 Å². The van der Waals surface area contributed by atoms with Gasteiger partial charge in [0, 0.05) is 39.8 Å². The molecule has 8 rings (SSSR count). The van der Waals surface area contributed by atoms with Crippen LogP contribution in [0.15, 0.2) is 18.2 Å². The topological polar surface area (TPSA) is 112 Å². The van der Waals surface area contributed by atoms with E-state index in [1.54, 1.807) is 0 Å². The molecule has 0 bridgehead atoms. The lowest BCUT2D eigenvalue weighted by molar-refractivity contribution is -0.301. The van der Waals surface area contributed by atoms with Gasteiger partial charge in [0.2, 0.25) is 0 Å². The number of aliphatic carboxylic acids is 1. The van der Waals surface area contributed by atoms with E-state index in [1.807, 2.05) is 0 Å². The molecule has 4 N–H and O–H groups in total. The second kappa shape index (κ2) is 8.83. The summed E-state index contributed by atoms with van der Waals surface area (Å²) in [5, 5.41) is 34.0. The maximum absolute atomic E-state index is 12.1. The highest BCUT2D eigenvalue weighted by molar-refractivity contribution is 5.92. The summed E-state index contributed by atoms with van der Waals surface area (Å²) in [5.41, 5.74) is 6.99. The van der Waals surface area contributed by atoms with Crippen LogP contribution in [0.3, 0.4) is 0 Å². The Hall–Kier alpha value is -2.19. The first kappa shape index (κ1) is 30.2. The van der Waals surface area contributed by atoms with Gasteiger partial charge in [-0.2, -0.15) is 0 Å². The van der Waals surface area contributed by atoms with Crippen LogP contribution in [0.1, 0.15) is 110 Å².